The molecule has 166 valence electrons. The molecule has 4 rings (SSSR count). The van der Waals surface area contributed by atoms with Crippen molar-refractivity contribution in [2.75, 3.05) is 23.3 Å². The summed E-state index contributed by atoms with van der Waals surface area (Å²) in [5.74, 6) is -1.71. The van der Waals surface area contributed by atoms with Crippen molar-refractivity contribution >= 4 is 27.3 Å². The second kappa shape index (κ2) is 8.83. The predicted octanol–water partition coefficient (Wildman–Crippen LogP) is 4.18. The minimum absolute atomic E-state index is 0.184. The lowest BCUT2D eigenvalue weighted by atomic mass is 10.2. The van der Waals surface area contributed by atoms with Gasteiger partial charge in [0.2, 0.25) is 0 Å². The van der Waals surface area contributed by atoms with E-state index >= 15 is 0 Å². The minimum atomic E-state index is -4.11. The molecule has 0 atom stereocenters. The fraction of sp³-hybridized carbons (Fsp3) is 0.136. The van der Waals surface area contributed by atoms with Crippen LogP contribution in [0.15, 0.2) is 65.6 Å². The molecule has 0 bridgehead atoms. The summed E-state index contributed by atoms with van der Waals surface area (Å²) in [4.78, 5) is 12.1. The average molecular weight is 460 g/mol. The number of sulfonamides is 1. The molecule has 2 N–H and O–H groups in total. The van der Waals surface area contributed by atoms with Crippen molar-refractivity contribution in [2.45, 2.75) is 11.3 Å². The van der Waals surface area contributed by atoms with Crippen LogP contribution in [-0.4, -0.2) is 27.5 Å². The van der Waals surface area contributed by atoms with Gasteiger partial charge in [-0.3, -0.25) is 9.52 Å². The minimum Gasteiger partial charge on any atom is -0.490 e. The van der Waals surface area contributed by atoms with Gasteiger partial charge in [-0.15, -0.1) is 0 Å². The number of fused-ring (bicyclic) bond motifs is 1. The lowest BCUT2D eigenvalue weighted by Gasteiger charge is -2.11. The quantitative estimate of drug-likeness (QED) is 0.596. The van der Waals surface area contributed by atoms with Crippen molar-refractivity contribution < 1.29 is 31.5 Å². The Balaban J connectivity index is 1.44. The third-order valence-electron chi connectivity index (χ3n) is 4.61. The lowest BCUT2D eigenvalue weighted by Crippen LogP contribution is -2.14. The number of carbonyl (C=O) groups excluding carboxylic acids is 1. The summed E-state index contributed by atoms with van der Waals surface area (Å²) in [5.41, 5.74) is 0.985. The summed E-state index contributed by atoms with van der Waals surface area (Å²) >= 11 is 0. The Bertz CT molecular complexity index is 1260. The van der Waals surface area contributed by atoms with E-state index in [1.165, 1.54) is 24.3 Å². The number of benzene rings is 3. The standard InChI is InChI=1S/C22H18F2N2O5S/c23-18-8-7-17(13-19(18)24)32(28,29)26-16-5-3-15(4-6-16)25-22(27)14-2-9-20-21(12-14)31-11-1-10-30-20/h2-9,12-13,26H,1,10-11H2,(H,25,27). The first kappa shape index (κ1) is 21.6. The van der Waals surface area contributed by atoms with Crippen LogP contribution in [0.4, 0.5) is 20.2 Å². The molecule has 0 aromatic heterocycles. The van der Waals surface area contributed by atoms with Crippen LogP contribution in [0.2, 0.25) is 0 Å². The molecule has 0 saturated carbocycles. The van der Waals surface area contributed by atoms with Gasteiger partial charge >= 0.3 is 0 Å². The third kappa shape index (κ3) is 4.80. The lowest BCUT2D eigenvalue weighted by molar-refractivity contribution is 0.102. The van der Waals surface area contributed by atoms with Gasteiger partial charge in [0.15, 0.2) is 23.1 Å². The van der Waals surface area contributed by atoms with Crippen molar-refractivity contribution in [3.8, 4) is 11.5 Å². The second-order valence-electron chi connectivity index (χ2n) is 6.92. The molecule has 0 saturated heterocycles. The number of rotatable bonds is 5. The van der Waals surface area contributed by atoms with Gasteiger partial charge < -0.3 is 14.8 Å². The molecule has 10 heteroatoms. The highest BCUT2D eigenvalue weighted by atomic mass is 32.2. The Labute approximate surface area is 183 Å². The van der Waals surface area contributed by atoms with E-state index in [1.54, 1.807) is 18.2 Å². The molecule has 0 aliphatic carbocycles. The monoisotopic (exact) mass is 460 g/mol. The summed E-state index contributed by atoms with van der Waals surface area (Å²) in [6, 6.07) is 13.1. The molecule has 7 nitrogen and oxygen atoms in total. The Morgan fingerprint density at radius 2 is 1.50 bits per heavy atom. The molecule has 0 spiro atoms. The van der Waals surface area contributed by atoms with Gasteiger partial charge in [0.05, 0.1) is 18.1 Å². The number of carbonyl (C=O) groups is 1. The molecule has 0 unspecified atom stereocenters. The van der Waals surface area contributed by atoms with E-state index in [1.807, 2.05) is 0 Å². The SMILES string of the molecule is O=C(Nc1ccc(NS(=O)(=O)c2ccc(F)c(F)c2)cc1)c1ccc2c(c1)OCCCO2. The highest BCUT2D eigenvalue weighted by molar-refractivity contribution is 7.92. The molecule has 1 aliphatic heterocycles. The van der Waals surface area contributed by atoms with Crippen molar-refractivity contribution in [3.63, 3.8) is 0 Å². The molecule has 3 aromatic carbocycles. The van der Waals surface area contributed by atoms with Crippen LogP contribution < -0.4 is 19.5 Å². The van der Waals surface area contributed by atoms with Crippen LogP contribution in [-0.2, 0) is 10.0 Å². The first-order valence-electron chi connectivity index (χ1n) is 9.61. The first-order valence-corrected chi connectivity index (χ1v) is 11.1. The second-order valence-corrected chi connectivity index (χ2v) is 8.61. The van der Waals surface area contributed by atoms with Crippen LogP contribution in [0.3, 0.4) is 0 Å². The Morgan fingerprint density at radius 1 is 0.812 bits per heavy atom. The molecular weight excluding hydrogens is 442 g/mol. The van der Waals surface area contributed by atoms with Gasteiger partial charge in [0.25, 0.3) is 15.9 Å². The molecule has 0 fully saturated rings. The van der Waals surface area contributed by atoms with E-state index in [9.17, 15) is 22.0 Å². The van der Waals surface area contributed by atoms with E-state index in [0.29, 0.717) is 42.0 Å². The normalized spacial score (nSPS) is 13.2. The maximum atomic E-state index is 13.4. The van der Waals surface area contributed by atoms with Crippen molar-refractivity contribution in [1.82, 2.24) is 0 Å². The zero-order valence-corrected chi connectivity index (χ0v) is 17.4. The Hall–Kier alpha value is -3.66. The smallest absolute Gasteiger partial charge is 0.261 e. The van der Waals surface area contributed by atoms with E-state index in [2.05, 4.69) is 10.0 Å². The van der Waals surface area contributed by atoms with E-state index in [-0.39, 0.29) is 11.6 Å². The summed E-state index contributed by atoms with van der Waals surface area (Å²) in [6.07, 6.45) is 0.752. The highest BCUT2D eigenvalue weighted by Crippen LogP contribution is 2.30. The summed E-state index contributed by atoms with van der Waals surface area (Å²) in [7, 11) is -4.11. The van der Waals surface area contributed by atoms with E-state index in [0.717, 1.165) is 18.6 Å². The van der Waals surface area contributed by atoms with Crippen molar-refractivity contribution in [3.05, 3.63) is 77.9 Å². The molecule has 1 aliphatic rings. The van der Waals surface area contributed by atoms with Crippen LogP contribution in [0, 0.1) is 11.6 Å². The Morgan fingerprint density at radius 3 is 2.22 bits per heavy atom. The van der Waals surface area contributed by atoms with E-state index < -0.39 is 26.6 Å². The molecule has 1 amide bonds. The maximum Gasteiger partial charge on any atom is 0.261 e. The van der Waals surface area contributed by atoms with Gasteiger partial charge in [-0.2, -0.15) is 0 Å². The van der Waals surface area contributed by atoms with E-state index in [4.69, 9.17) is 9.47 Å². The number of hydrogen-bond acceptors (Lipinski definition) is 5. The fourth-order valence-electron chi connectivity index (χ4n) is 2.99. The molecule has 32 heavy (non-hydrogen) atoms. The topological polar surface area (TPSA) is 93.7 Å². The number of nitrogens with one attached hydrogen (secondary N) is 2. The third-order valence-corrected chi connectivity index (χ3v) is 5.99. The molecule has 3 aromatic rings. The van der Waals surface area contributed by atoms with Crippen LogP contribution in [0.1, 0.15) is 16.8 Å². The first-order chi connectivity index (χ1) is 15.3. The zero-order chi connectivity index (χ0) is 22.7. The van der Waals surface area contributed by atoms with Gasteiger partial charge in [-0.1, -0.05) is 0 Å². The van der Waals surface area contributed by atoms with Gasteiger partial charge in [0.1, 0.15) is 0 Å². The number of ether oxygens (including phenoxy) is 2. The van der Waals surface area contributed by atoms with Crippen LogP contribution >= 0.6 is 0 Å². The van der Waals surface area contributed by atoms with Crippen LogP contribution in [0.25, 0.3) is 0 Å². The maximum absolute atomic E-state index is 13.4. The predicted molar refractivity (Wildman–Crippen MR) is 114 cm³/mol. The van der Waals surface area contributed by atoms with Gasteiger partial charge in [-0.25, -0.2) is 17.2 Å². The molecule has 0 radical (unpaired) electrons. The van der Waals surface area contributed by atoms with Gasteiger partial charge in [-0.05, 0) is 60.7 Å². The largest absolute Gasteiger partial charge is 0.490 e. The number of anilines is 2. The summed E-state index contributed by atoms with van der Waals surface area (Å²) < 4.78 is 64.5. The number of amides is 1. The van der Waals surface area contributed by atoms with Crippen molar-refractivity contribution in [2.24, 2.45) is 0 Å². The van der Waals surface area contributed by atoms with Crippen LogP contribution in [0.5, 0.6) is 11.5 Å². The molecule has 1 heterocycles. The summed E-state index contributed by atoms with van der Waals surface area (Å²) in [6.45, 7) is 1.05. The summed E-state index contributed by atoms with van der Waals surface area (Å²) in [5, 5.41) is 2.71. The number of hydrogen-bond donors (Lipinski definition) is 2. The van der Waals surface area contributed by atoms with Crippen molar-refractivity contribution in [1.29, 1.82) is 0 Å². The molecular formula is C22H18F2N2O5S. The zero-order valence-electron chi connectivity index (χ0n) is 16.6. The highest BCUT2D eigenvalue weighted by Gasteiger charge is 2.17. The number of halogens is 2. The average Bonchev–Trinajstić information content (AvgIpc) is 3.01. The van der Waals surface area contributed by atoms with Gasteiger partial charge in [0, 0.05) is 23.4 Å². The fourth-order valence-corrected chi connectivity index (χ4v) is 4.06. The Kier molecular flexibility index (Phi) is 5.95.